The fraction of sp³-hybridized carbons (Fsp3) is 0.375. The summed E-state index contributed by atoms with van der Waals surface area (Å²) >= 11 is 1.33. The largest absolute Gasteiger partial charge is 0.351 e. The average molecular weight is 321 g/mol. The van der Waals surface area contributed by atoms with E-state index in [9.17, 15) is 9.18 Å². The van der Waals surface area contributed by atoms with E-state index in [1.54, 1.807) is 12.1 Å². The van der Waals surface area contributed by atoms with Crippen molar-refractivity contribution in [3.8, 4) is 10.6 Å². The molecule has 6 heteroatoms. The molecule has 1 aromatic carbocycles. The molecule has 0 aliphatic carbocycles. The monoisotopic (exact) mass is 321 g/mol. The van der Waals surface area contributed by atoms with Crippen LogP contribution >= 0.6 is 11.3 Å². The third kappa shape index (κ3) is 4.35. The van der Waals surface area contributed by atoms with Crippen molar-refractivity contribution < 1.29 is 9.18 Å². The summed E-state index contributed by atoms with van der Waals surface area (Å²) in [5.74, 6) is -0.377. The second kappa shape index (κ2) is 7.47. The zero-order valence-electron chi connectivity index (χ0n) is 13.0. The number of benzene rings is 1. The van der Waals surface area contributed by atoms with Crippen LogP contribution in [0.2, 0.25) is 0 Å². The average Bonchev–Trinajstić information content (AvgIpc) is 2.86. The Balaban J connectivity index is 2.03. The predicted molar refractivity (Wildman–Crippen MR) is 87.7 cm³/mol. The second-order valence-electron chi connectivity index (χ2n) is 5.35. The molecule has 2 rings (SSSR count). The van der Waals surface area contributed by atoms with Crippen molar-refractivity contribution in [2.75, 3.05) is 27.2 Å². The normalized spacial score (nSPS) is 11.0. The van der Waals surface area contributed by atoms with Gasteiger partial charge in [-0.15, -0.1) is 11.3 Å². The molecular formula is C16H20FN3OS. The topological polar surface area (TPSA) is 45.2 Å². The summed E-state index contributed by atoms with van der Waals surface area (Å²) in [6.07, 6.45) is 0.904. The molecule has 0 radical (unpaired) electrons. The molecule has 0 atom stereocenters. The van der Waals surface area contributed by atoms with E-state index in [1.807, 2.05) is 21.0 Å². The molecule has 0 aliphatic rings. The van der Waals surface area contributed by atoms with Gasteiger partial charge in [-0.3, -0.25) is 4.79 Å². The van der Waals surface area contributed by atoms with Gasteiger partial charge in [-0.2, -0.15) is 0 Å². The highest BCUT2D eigenvalue weighted by molar-refractivity contribution is 7.17. The van der Waals surface area contributed by atoms with Crippen LogP contribution in [0.3, 0.4) is 0 Å². The van der Waals surface area contributed by atoms with E-state index in [1.165, 1.54) is 23.5 Å². The fourth-order valence-electron chi connectivity index (χ4n) is 2.00. The molecular weight excluding hydrogens is 301 g/mol. The zero-order chi connectivity index (χ0) is 16.1. The Hall–Kier alpha value is -1.79. The Labute approximate surface area is 134 Å². The quantitative estimate of drug-likeness (QED) is 0.832. The third-order valence-corrected chi connectivity index (χ3v) is 4.37. The maximum atomic E-state index is 13.0. The highest BCUT2D eigenvalue weighted by atomic mass is 32.1. The molecule has 0 saturated heterocycles. The van der Waals surface area contributed by atoms with Crippen molar-refractivity contribution in [3.63, 3.8) is 0 Å². The molecule has 0 fully saturated rings. The third-order valence-electron chi connectivity index (χ3n) is 3.16. The molecule has 0 aliphatic heterocycles. The molecule has 1 aromatic heterocycles. The van der Waals surface area contributed by atoms with Crippen molar-refractivity contribution in [1.82, 2.24) is 15.2 Å². The Kier molecular flexibility index (Phi) is 5.63. The lowest BCUT2D eigenvalue weighted by Crippen LogP contribution is -2.26. The lowest BCUT2D eigenvalue weighted by molar-refractivity contribution is 0.0955. The Morgan fingerprint density at radius 3 is 2.64 bits per heavy atom. The number of halogens is 1. The van der Waals surface area contributed by atoms with Crippen LogP contribution in [0.1, 0.15) is 21.8 Å². The van der Waals surface area contributed by atoms with Gasteiger partial charge in [0.05, 0.1) is 5.69 Å². The number of rotatable bonds is 6. The standard InChI is InChI=1S/C16H20FN3OS/c1-11-14(15(21)18-9-4-10-20(2)3)22-16(19-11)12-5-7-13(17)8-6-12/h5-8H,4,9-10H2,1-3H3,(H,18,21). The van der Waals surface area contributed by atoms with Gasteiger partial charge in [0.15, 0.2) is 0 Å². The Morgan fingerprint density at radius 2 is 2.00 bits per heavy atom. The molecule has 1 amide bonds. The zero-order valence-corrected chi connectivity index (χ0v) is 13.8. The lowest BCUT2D eigenvalue weighted by atomic mass is 10.2. The summed E-state index contributed by atoms with van der Waals surface area (Å²) in [4.78, 5) is 19.3. The molecule has 0 bridgehead atoms. The van der Waals surface area contributed by atoms with Gasteiger partial charge in [0.2, 0.25) is 0 Å². The molecule has 2 aromatic rings. The van der Waals surface area contributed by atoms with Crippen molar-refractivity contribution in [1.29, 1.82) is 0 Å². The first-order valence-electron chi connectivity index (χ1n) is 7.13. The van der Waals surface area contributed by atoms with E-state index in [2.05, 4.69) is 15.2 Å². The smallest absolute Gasteiger partial charge is 0.263 e. The Morgan fingerprint density at radius 1 is 1.32 bits per heavy atom. The number of hydrogen-bond acceptors (Lipinski definition) is 4. The van der Waals surface area contributed by atoms with E-state index in [4.69, 9.17) is 0 Å². The molecule has 0 unspecified atom stereocenters. The summed E-state index contributed by atoms with van der Waals surface area (Å²) in [5.41, 5.74) is 1.52. The maximum absolute atomic E-state index is 13.0. The summed E-state index contributed by atoms with van der Waals surface area (Å²) in [5, 5.41) is 3.65. The van der Waals surface area contributed by atoms with E-state index in [-0.39, 0.29) is 11.7 Å². The molecule has 1 heterocycles. The minimum atomic E-state index is -0.282. The van der Waals surface area contributed by atoms with Gasteiger partial charge in [-0.05, 0) is 58.3 Å². The van der Waals surface area contributed by atoms with E-state index in [0.29, 0.717) is 17.1 Å². The van der Waals surface area contributed by atoms with Crippen molar-refractivity contribution >= 4 is 17.2 Å². The van der Waals surface area contributed by atoms with Crippen LogP contribution in [0.4, 0.5) is 4.39 Å². The highest BCUT2D eigenvalue weighted by Crippen LogP contribution is 2.27. The van der Waals surface area contributed by atoms with Crippen molar-refractivity contribution in [3.05, 3.63) is 40.7 Å². The van der Waals surface area contributed by atoms with E-state index < -0.39 is 0 Å². The van der Waals surface area contributed by atoms with Gasteiger partial charge in [0, 0.05) is 12.1 Å². The van der Waals surface area contributed by atoms with Gasteiger partial charge in [-0.1, -0.05) is 0 Å². The number of amides is 1. The number of nitrogens with one attached hydrogen (secondary N) is 1. The van der Waals surface area contributed by atoms with Crippen molar-refractivity contribution in [2.45, 2.75) is 13.3 Å². The first-order valence-corrected chi connectivity index (χ1v) is 7.95. The van der Waals surface area contributed by atoms with Crippen LogP contribution in [-0.2, 0) is 0 Å². The van der Waals surface area contributed by atoms with E-state index in [0.717, 1.165) is 23.5 Å². The first kappa shape index (κ1) is 16.6. The summed E-state index contributed by atoms with van der Waals surface area (Å²) in [7, 11) is 4.01. The lowest BCUT2D eigenvalue weighted by Gasteiger charge is -2.09. The summed E-state index contributed by atoms with van der Waals surface area (Å²) in [6, 6.07) is 6.14. The number of carbonyl (C=O) groups excluding carboxylic acids is 1. The Bertz CT molecular complexity index is 637. The molecule has 4 nitrogen and oxygen atoms in total. The summed E-state index contributed by atoms with van der Waals surface area (Å²) < 4.78 is 13.0. The van der Waals surface area contributed by atoms with Crippen LogP contribution < -0.4 is 5.32 Å². The van der Waals surface area contributed by atoms with Gasteiger partial charge < -0.3 is 10.2 Å². The van der Waals surface area contributed by atoms with E-state index >= 15 is 0 Å². The molecule has 0 spiro atoms. The molecule has 0 saturated carbocycles. The van der Waals surface area contributed by atoms with Crippen LogP contribution in [0, 0.1) is 12.7 Å². The second-order valence-corrected chi connectivity index (χ2v) is 6.35. The number of aromatic nitrogens is 1. The SMILES string of the molecule is Cc1nc(-c2ccc(F)cc2)sc1C(=O)NCCCN(C)C. The van der Waals surface area contributed by atoms with Crippen LogP contribution in [-0.4, -0.2) is 43.0 Å². The van der Waals surface area contributed by atoms with Gasteiger partial charge in [0.25, 0.3) is 5.91 Å². The number of thiazole rings is 1. The minimum Gasteiger partial charge on any atom is -0.351 e. The minimum absolute atomic E-state index is 0.0953. The summed E-state index contributed by atoms with van der Waals surface area (Å²) in [6.45, 7) is 3.39. The number of nitrogens with zero attached hydrogens (tertiary/aromatic N) is 2. The maximum Gasteiger partial charge on any atom is 0.263 e. The van der Waals surface area contributed by atoms with Crippen LogP contribution in [0.15, 0.2) is 24.3 Å². The first-order chi connectivity index (χ1) is 10.5. The molecule has 118 valence electrons. The fourth-order valence-corrected chi connectivity index (χ4v) is 2.99. The highest BCUT2D eigenvalue weighted by Gasteiger charge is 2.15. The van der Waals surface area contributed by atoms with Crippen LogP contribution in [0.25, 0.3) is 10.6 Å². The van der Waals surface area contributed by atoms with Crippen molar-refractivity contribution in [2.24, 2.45) is 0 Å². The molecule has 1 N–H and O–H groups in total. The van der Waals surface area contributed by atoms with Gasteiger partial charge in [-0.25, -0.2) is 9.37 Å². The van der Waals surface area contributed by atoms with Gasteiger partial charge >= 0.3 is 0 Å². The van der Waals surface area contributed by atoms with Crippen LogP contribution in [0.5, 0.6) is 0 Å². The number of carbonyl (C=O) groups is 1. The predicted octanol–water partition coefficient (Wildman–Crippen LogP) is 2.94. The molecule has 22 heavy (non-hydrogen) atoms. The van der Waals surface area contributed by atoms with Gasteiger partial charge in [0.1, 0.15) is 15.7 Å². The number of hydrogen-bond donors (Lipinski definition) is 1. The number of aryl methyl sites for hydroxylation is 1.